The predicted octanol–water partition coefficient (Wildman–Crippen LogP) is 2.37. The molecule has 2 heterocycles. The lowest BCUT2D eigenvalue weighted by atomic mass is 9.58. The SMILES string of the molecule is CO[C@@H]1C[C@H](O)C12CCN(C(=O)c1cc(C)c(C)s1)CC2. The molecule has 3 rings (SSSR count). The van der Waals surface area contributed by atoms with Gasteiger partial charge in [0.1, 0.15) is 0 Å². The minimum Gasteiger partial charge on any atom is -0.392 e. The highest BCUT2D eigenvalue weighted by Gasteiger charge is 2.56. The minimum absolute atomic E-state index is 0.118. The van der Waals surface area contributed by atoms with E-state index in [0.29, 0.717) is 13.1 Å². The van der Waals surface area contributed by atoms with Crippen molar-refractivity contribution in [3.8, 4) is 0 Å². The summed E-state index contributed by atoms with van der Waals surface area (Å²) in [5.74, 6) is 0.133. The molecule has 0 aromatic carbocycles. The van der Waals surface area contributed by atoms with Gasteiger partial charge < -0.3 is 14.7 Å². The van der Waals surface area contributed by atoms with Gasteiger partial charge in [-0.15, -0.1) is 11.3 Å². The number of hydrogen-bond acceptors (Lipinski definition) is 4. The maximum absolute atomic E-state index is 12.6. The van der Waals surface area contributed by atoms with Crippen molar-refractivity contribution in [2.75, 3.05) is 20.2 Å². The third kappa shape index (κ3) is 2.31. The second-order valence-corrected chi connectivity index (χ2v) is 7.61. The average molecular weight is 309 g/mol. The van der Waals surface area contributed by atoms with Crippen LogP contribution in [-0.2, 0) is 4.74 Å². The number of thiophene rings is 1. The number of aliphatic hydroxyl groups excluding tert-OH is 1. The summed E-state index contributed by atoms with van der Waals surface area (Å²) < 4.78 is 5.49. The molecule has 116 valence electrons. The van der Waals surface area contributed by atoms with Gasteiger partial charge in [0.05, 0.1) is 17.1 Å². The zero-order chi connectivity index (χ0) is 15.2. The van der Waals surface area contributed by atoms with Crippen LogP contribution in [0, 0.1) is 19.3 Å². The molecular formula is C16H23NO3S. The molecule has 1 spiro atoms. The Kier molecular flexibility index (Phi) is 3.84. The number of ether oxygens (including phenoxy) is 1. The summed E-state index contributed by atoms with van der Waals surface area (Å²) in [6, 6.07) is 1.99. The molecule has 1 amide bonds. The molecule has 4 nitrogen and oxygen atoms in total. The van der Waals surface area contributed by atoms with E-state index in [1.807, 2.05) is 17.9 Å². The highest BCUT2D eigenvalue weighted by Crippen LogP contribution is 2.50. The molecule has 2 atom stereocenters. The Bertz CT molecular complexity index is 526. The molecule has 2 aliphatic rings. The zero-order valence-electron chi connectivity index (χ0n) is 12.9. The maximum atomic E-state index is 12.6. The first-order valence-corrected chi connectivity index (χ1v) is 8.37. The van der Waals surface area contributed by atoms with Crippen LogP contribution in [0.15, 0.2) is 6.07 Å². The van der Waals surface area contributed by atoms with E-state index in [-0.39, 0.29) is 23.5 Å². The van der Waals surface area contributed by atoms with Crippen LogP contribution >= 0.6 is 11.3 Å². The van der Waals surface area contributed by atoms with Gasteiger partial charge in [-0.25, -0.2) is 0 Å². The topological polar surface area (TPSA) is 49.8 Å². The van der Waals surface area contributed by atoms with Crippen LogP contribution in [0.1, 0.15) is 39.4 Å². The molecule has 1 saturated carbocycles. The van der Waals surface area contributed by atoms with Gasteiger partial charge >= 0.3 is 0 Å². The van der Waals surface area contributed by atoms with Crippen molar-refractivity contribution < 1.29 is 14.6 Å². The van der Waals surface area contributed by atoms with Crippen LogP contribution in [0.25, 0.3) is 0 Å². The zero-order valence-corrected chi connectivity index (χ0v) is 13.7. The number of carbonyl (C=O) groups is 1. The molecular weight excluding hydrogens is 286 g/mol. The van der Waals surface area contributed by atoms with Gasteiger partial charge in [0.2, 0.25) is 0 Å². The minimum atomic E-state index is -0.272. The van der Waals surface area contributed by atoms with E-state index in [1.54, 1.807) is 18.4 Å². The number of piperidine rings is 1. The van der Waals surface area contributed by atoms with Crippen molar-refractivity contribution in [1.29, 1.82) is 0 Å². The summed E-state index contributed by atoms with van der Waals surface area (Å²) in [5, 5.41) is 10.1. The van der Waals surface area contributed by atoms with Gasteiger partial charge in [0, 0.05) is 36.9 Å². The fourth-order valence-corrected chi connectivity index (χ4v) is 4.67. The van der Waals surface area contributed by atoms with E-state index >= 15 is 0 Å². The predicted molar refractivity (Wildman–Crippen MR) is 82.8 cm³/mol. The molecule has 5 heteroatoms. The first-order valence-electron chi connectivity index (χ1n) is 7.55. The summed E-state index contributed by atoms with van der Waals surface area (Å²) in [4.78, 5) is 16.5. The lowest BCUT2D eigenvalue weighted by molar-refractivity contribution is -0.199. The lowest BCUT2D eigenvalue weighted by Crippen LogP contribution is -2.62. The largest absolute Gasteiger partial charge is 0.392 e. The number of rotatable bonds is 2. The molecule has 1 N–H and O–H groups in total. The number of carbonyl (C=O) groups excluding carboxylic acids is 1. The summed E-state index contributed by atoms with van der Waals surface area (Å²) in [5.41, 5.74) is 1.07. The van der Waals surface area contributed by atoms with Crippen LogP contribution in [-0.4, -0.2) is 48.3 Å². The smallest absolute Gasteiger partial charge is 0.263 e. The van der Waals surface area contributed by atoms with Gasteiger partial charge in [-0.1, -0.05) is 0 Å². The molecule has 1 saturated heterocycles. The van der Waals surface area contributed by atoms with E-state index in [0.717, 1.165) is 24.1 Å². The van der Waals surface area contributed by atoms with Gasteiger partial charge in [0.15, 0.2) is 0 Å². The van der Waals surface area contributed by atoms with Gasteiger partial charge in [-0.3, -0.25) is 4.79 Å². The number of aliphatic hydroxyl groups is 1. The van der Waals surface area contributed by atoms with E-state index < -0.39 is 0 Å². The summed E-state index contributed by atoms with van der Waals surface area (Å²) in [6.07, 6.45) is 2.28. The Morgan fingerprint density at radius 1 is 1.43 bits per heavy atom. The Hall–Kier alpha value is -0.910. The van der Waals surface area contributed by atoms with E-state index in [4.69, 9.17) is 4.74 Å². The normalized spacial score (nSPS) is 27.7. The van der Waals surface area contributed by atoms with Crippen molar-refractivity contribution in [3.05, 3.63) is 21.4 Å². The number of nitrogens with zero attached hydrogens (tertiary/aromatic N) is 1. The van der Waals surface area contributed by atoms with Crippen LogP contribution < -0.4 is 0 Å². The van der Waals surface area contributed by atoms with Crippen molar-refractivity contribution in [2.24, 2.45) is 5.41 Å². The third-order valence-corrected chi connectivity index (χ3v) is 6.53. The molecule has 1 aliphatic carbocycles. The summed E-state index contributed by atoms with van der Waals surface area (Å²) >= 11 is 1.58. The Balaban J connectivity index is 1.67. The number of aryl methyl sites for hydroxylation is 2. The first kappa shape index (κ1) is 15.0. The Morgan fingerprint density at radius 2 is 2.10 bits per heavy atom. The molecule has 0 unspecified atom stereocenters. The monoisotopic (exact) mass is 309 g/mol. The number of methoxy groups -OCH3 is 1. The summed E-state index contributed by atoms with van der Waals surface area (Å²) in [6.45, 7) is 5.52. The highest BCUT2D eigenvalue weighted by atomic mass is 32.1. The molecule has 0 radical (unpaired) electrons. The average Bonchev–Trinajstić information content (AvgIpc) is 2.83. The maximum Gasteiger partial charge on any atom is 0.263 e. The molecule has 1 aromatic rings. The summed E-state index contributed by atoms with van der Waals surface area (Å²) in [7, 11) is 1.72. The van der Waals surface area contributed by atoms with Crippen molar-refractivity contribution in [3.63, 3.8) is 0 Å². The van der Waals surface area contributed by atoms with Crippen LogP contribution in [0.4, 0.5) is 0 Å². The number of likely N-dealkylation sites (tertiary alicyclic amines) is 1. The Morgan fingerprint density at radius 3 is 2.57 bits per heavy atom. The number of hydrogen-bond donors (Lipinski definition) is 1. The molecule has 0 bridgehead atoms. The third-order valence-electron chi connectivity index (χ3n) is 5.39. The molecule has 1 aliphatic heterocycles. The lowest BCUT2D eigenvalue weighted by Gasteiger charge is -2.56. The molecule has 2 fully saturated rings. The Labute approximate surface area is 129 Å². The van der Waals surface area contributed by atoms with Crippen molar-refractivity contribution in [1.82, 2.24) is 4.90 Å². The standard InChI is InChI=1S/C16H23NO3S/c1-10-8-12(21-11(10)2)15(19)17-6-4-16(5-7-17)13(18)9-14(16)20-3/h8,13-14,18H,4-7,9H2,1-3H3/t13-,14+/m0/s1. The van der Waals surface area contributed by atoms with Gasteiger partial charge in [0.25, 0.3) is 5.91 Å². The van der Waals surface area contributed by atoms with Gasteiger partial charge in [-0.05, 0) is 38.3 Å². The fourth-order valence-electron chi connectivity index (χ4n) is 3.67. The molecule has 1 aromatic heterocycles. The van der Waals surface area contributed by atoms with Gasteiger partial charge in [-0.2, -0.15) is 0 Å². The van der Waals surface area contributed by atoms with Crippen molar-refractivity contribution in [2.45, 2.75) is 45.3 Å². The van der Waals surface area contributed by atoms with Crippen molar-refractivity contribution >= 4 is 17.2 Å². The van der Waals surface area contributed by atoms with Crippen LogP contribution in [0.2, 0.25) is 0 Å². The molecule has 21 heavy (non-hydrogen) atoms. The van der Waals surface area contributed by atoms with Crippen LogP contribution in [0.3, 0.4) is 0 Å². The quantitative estimate of drug-likeness (QED) is 0.912. The van der Waals surface area contributed by atoms with E-state index in [1.165, 1.54) is 10.4 Å². The first-order chi connectivity index (χ1) is 9.98. The second-order valence-electron chi connectivity index (χ2n) is 6.35. The highest BCUT2D eigenvalue weighted by molar-refractivity contribution is 7.14. The van der Waals surface area contributed by atoms with Crippen LogP contribution in [0.5, 0.6) is 0 Å². The fraction of sp³-hybridized carbons (Fsp3) is 0.688. The van der Waals surface area contributed by atoms with E-state index in [9.17, 15) is 9.90 Å². The number of amides is 1. The second kappa shape index (κ2) is 5.38. The van der Waals surface area contributed by atoms with E-state index in [2.05, 4.69) is 6.92 Å².